The van der Waals surface area contributed by atoms with Crippen molar-refractivity contribution in [3.05, 3.63) is 23.7 Å². The molecule has 1 atom stereocenters. The van der Waals surface area contributed by atoms with Gasteiger partial charge in [-0.15, -0.1) is 0 Å². The van der Waals surface area contributed by atoms with Crippen molar-refractivity contribution in [1.29, 1.82) is 0 Å². The number of hydrogen-bond donors (Lipinski definition) is 1. The Labute approximate surface area is 164 Å². The maximum atomic E-state index is 9.60. The minimum Gasteiger partial charge on any atom is -0.462 e. The van der Waals surface area contributed by atoms with Gasteiger partial charge in [-0.25, -0.2) is 0 Å². The normalized spacial score (nSPS) is 24.1. The molecule has 0 bridgehead atoms. The van der Waals surface area contributed by atoms with Gasteiger partial charge in [0.1, 0.15) is 18.1 Å². The Bertz CT molecular complexity index is 555. The highest BCUT2D eigenvalue weighted by molar-refractivity contribution is 5.07. The van der Waals surface area contributed by atoms with Crippen molar-refractivity contribution >= 4 is 0 Å². The van der Waals surface area contributed by atoms with E-state index >= 15 is 0 Å². The van der Waals surface area contributed by atoms with Gasteiger partial charge in [-0.2, -0.15) is 0 Å². The molecule has 0 amide bonds. The van der Waals surface area contributed by atoms with Crippen LogP contribution in [0.5, 0.6) is 0 Å². The highest BCUT2D eigenvalue weighted by Gasteiger charge is 2.34. The molecule has 1 aromatic rings. The molecule has 2 fully saturated rings. The molecule has 0 saturated carbocycles. The number of ether oxygens (including phenoxy) is 1. The van der Waals surface area contributed by atoms with E-state index < -0.39 is 0 Å². The van der Waals surface area contributed by atoms with E-state index in [-0.39, 0.29) is 6.61 Å². The van der Waals surface area contributed by atoms with E-state index in [9.17, 15) is 5.11 Å². The minimum absolute atomic E-state index is 0.262. The second-order valence-corrected chi connectivity index (χ2v) is 8.30. The van der Waals surface area contributed by atoms with E-state index in [1.165, 1.54) is 25.9 Å². The fourth-order valence-electron chi connectivity index (χ4n) is 4.65. The Morgan fingerprint density at radius 1 is 1.15 bits per heavy atom. The molecule has 27 heavy (non-hydrogen) atoms. The topological polar surface area (TPSA) is 52.3 Å². The number of aliphatic hydroxyl groups is 1. The van der Waals surface area contributed by atoms with Crippen molar-refractivity contribution in [2.45, 2.75) is 64.4 Å². The zero-order chi connectivity index (χ0) is 19.2. The van der Waals surface area contributed by atoms with Gasteiger partial charge in [0.2, 0.25) is 0 Å². The standard InChI is InChI=1S/C21H37N3O3/c1-17(2)23-9-6-18(7-10-23)24-12-11-22(14-19(24)8-13-25)15-20-4-5-21(27-20)16-26-3/h4-5,17-19,25H,6-16H2,1-3H3/t19-/m0/s1. The number of nitrogens with zero attached hydrogens (tertiary/aromatic N) is 3. The minimum atomic E-state index is 0.262. The Balaban J connectivity index is 1.54. The summed E-state index contributed by atoms with van der Waals surface area (Å²) in [5.41, 5.74) is 0. The van der Waals surface area contributed by atoms with Crippen molar-refractivity contribution in [2.75, 3.05) is 46.4 Å². The van der Waals surface area contributed by atoms with Gasteiger partial charge in [0.05, 0.1) is 6.54 Å². The summed E-state index contributed by atoms with van der Waals surface area (Å²) in [5.74, 6) is 1.89. The summed E-state index contributed by atoms with van der Waals surface area (Å²) in [7, 11) is 1.69. The Hall–Kier alpha value is -0.920. The molecule has 0 aliphatic carbocycles. The highest BCUT2D eigenvalue weighted by Crippen LogP contribution is 2.25. The quantitative estimate of drug-likeness (QED) is 0.747. The second kappa shape index (κ2) is 10.0. The number of aliphatic hydroxyl groups excluding tert-OH is 1. The number of rotatable bonds is 8. The van der Waals surface area contributed by atoms with E-state index in [4.69, 9.17) is 9.15 Å². The average Bonchev–Trinajstić information content (AvgIpc) is 3.10. The van der Waals surface area contributed by atoms with Crippen LogP contribution < -0.4 is 0 Å². The number of piperazine rings is 1. The lowest BCUT2D eigenvalue weighted by molar-refractivity contribution is -0.00181. The molecule has 1 aromatic heterocycles. The van der Waals surface area contributed by atoms with E-state index in [0.29, 0.717) is 24.7 Å². The number of piperidine rings is 1. The molecule has 154 valence electrons. The monoisotopic (exact) mass is 379 g/mol. The smallest absolute Gasteiger partial charge is 0.129 e. The van der Waals surface area contributed by atoms with Crippen LogP contribution in [0, 0.1) is 0 Å². The third-order valence-electron chi connectivity index (χ3n) is 6.16. The molecular formula is C21H37N3O3. The molecule has 6 nitrogen and oxygen atoms in total. The SMILES string of the molecule is COCc1ccc(CN2CCN(C3CCN(C(C)C)CC3)[C@@H](CCO)C2)o1. The Morgan fingerprint density at radius 2 is 1.89 bits per heavy atom. The van der Waals surface area contributed by atoms with Crippen LogP contribution in [-0.2, 0) is 17.9 Å². The molecule has 0 radical (unpaired) electrons. The predicted octanol–water partition coefficient (Wildman–Crippen LogP) is 2.17. The summed E-state index contributed by atoms with van der Waals surface area (Å²) >= 11 is 0. The van der Waals surface area contributed by atoms with Gasteiger partial charge >= 0.3 is 0 Å². The average molecular weight is 380 g/mol. The highest BCUT2D eigenvalue weighted by atomic mass is 16.5. The molecule has 3 rings (SSSR count). The van der Waals surface area contributed by atoms with Crippen molar-refractivity contribution in [2.24, 2.45) is 0 Å². The van der Waals surface area contributed by atoms with Crippen LogP contribution in [0.1, 0.15) is 44.6 Å². The van der Waals surface area contributed by atoms with Crippen molar-refractivity contribution in [3.8, 4) is 0 Å². The van der Waals surface area contributed by atoms with Crippen molar-refractivity contribution in [3.63, 3.8) is 0 Å². The molecule has 0 spiro atoms. The summed E-state index contributed by atoms with van der Waals surface area (Å²) in [6, 6.07) is 5.81. The Kier molecular flexibility index (Phi) is 7.73. The van der Waals surface area contributed by atoms with Crippen LogP contribution in [0.15, 0.2) is 16.5 Å². The molecular weight excluding hydrogens is 342 g/mol. The van der Waals surface area contributed by atoms with Crippen molar-refractivity contribution in [1.82, 2.24) is 14.7 Å². The van der Waals surface area contributed by atoms with Gasteiger partial charge in [-0.05, 0) is 58.3 Å². The van der Waals surface area contributed by atoms with Crippen LogP contribution in [0.3, 0.4) is 0 Å². The van der Waals surface area contributed by atoms with Crippen LogP contribution in [0.2, 0.25) is 0 Å². The number of methoxy groups -OCH3 is 1. The summed E-state index contributed by atoms with van der Waals surface area (Å²) < 4.78 is 11.0. The molecule has 2 saturated heterocycles. The lowest BCUT2D eigenvalue weighted by Gasteiger charge is -2.48. The van der Waals surface area contributed by atoms with Gasteiger partial charge in [0, 0.05) is 51.5 Å². The first kappa shape index (κ1) is 20.8. The molecule has 1 N–H and O–H groups in total. The van der Waals surface area contributed by atoms with E-state index in [2.05, 4.69) is 34.6 Å². The van der Waals surface area contributed by atoms with Gasteiger partial charge < -0.3 is 19.2 Å². The Morgan fingerprint density at radius 3 is 2.56 bits per heavy atom. The zero-order valence-electron chi connectivity index (χ0n) is 17.3. The van der Waals surface area contributed by atoms with Gasteiger partial charge in [0.15, 0.2) is 0 Å². The summed E-state index contributed by atoms with van der Waals surface area (Å²) in [5, 5.41) is 9.60. The molecule has 3 heterocycles. The maximum absolute atomic E-state index is 9.60. The summed E-state index contributed by atoms with van der Waals surface area (Å²) in [6.07, 6.45) is 3.35. The van der Waals surface area contributed by atoms with Gasteiger partial charge in [-0.1, -0.05) is 0 Å². The lowest BCUT2D eigenvalue weighted by atomic mass is 9.97. The largest absolute Gasteiger partial charge is 0.462 e. The second-order valence-electron chi connectivity index (χ2n) is 8.30. The first-order chi connectivity index (χ1) is 13.1. The van der Waals surface area contributed by atoms with Crippen LogP contribution in [0.25, 0.3) is 0 Å². The molecule has 2 aliphatic heterocycles. The van der Waals surface area contributed by atoms with Gasteiger partial charge in [0.25, 0.3) is 0 Å². The van der Waals surface area contributed by atoms with E-state index in [0.717, 1.165) is 44.1 Å². The first-order valence-electron chi connectivity index (χ1n) is 10.5. The van der Waals surface area contributed by atoms with Crippen LogP contribution >= 0.6 is 0 Å². The number of hydrogen-bond acceptors (Lipinski definition) is 6. The summed E-state index contributed by atoms with van der Waals surface area (Å²) in [6.45, 7) is 11.8. The van der Waals surface area contributed by atoms with Crippen LogP contribution in [-0.4, -0.2) is 84.4 Å². The summed E-state index contributed by atoms with van der Waals surface area (Å²) in [4.78, 5) is 7.74. The first-order valence-corrected chi connectivity index (χ1v) is 10.5. The van der Waals surface area contributed by atoms with E-state index in [1.807, 2.05) is 6.07 Å². The van der Waals surface area contributed by atoms with E-state index in [1.54, 1.807) is 7.11 Å². The lowest BCUT2D eigenvalue weighted by Crippen LogP contribution is -2.58. The maximum Gasteiger partial charge on any atom is 0.129 e. The number of likely N-dealkylation sites (tertiary alicyclic amines) is 1. The zero-order valence-corrected chi connectivity index (χ0v) is 17.3. The fourth-order valence-corrected chi connectivity index (χ4v) is 4.65. The third-order valence-corrected chi connectivity index (χ3v) is 6.16. The van der Waals surface area contributed by atoms with Gasteiger partial charge in [-0.3, -0.25) is 9.80 Å². The fraction of sp³-hybridized carbons (Fsp3) is 0.810. The van der Waals surface area contributed by atoms with Crippen LogP contribution in [0.4, 0.5) is 0 Å². The number of furan rings is 1. The molecule has 6 heteroatoms. The van der Waals surface area contributed by atoms with Crippen molar-refractivity contribution < 1.29 is 14.3 Å². The molecule has 0 aromatic carbocycles. The predicted molar refractivity (Wildman–Crippen MR) is 107 cm³/mol. The third kappa shape index (κ3) is 5.55. The molecule has 2 aliphatic rings. The molecule has 0 unspecified atom stereocenters.